The normalized spacial score (nSPS) is 11.9. The number of halogens is 3. The maximum absolute atomic E-state index is 12.5. The van der Waals surface area contributed by atoms with Gasteiger partial charge < -0.3 is 0 Å². The van der Waals surface area contributed by atoms with Crippen molar-refractivity contribution < 1.29 is 13.2 Å². The van der Waals surface area contributed by atoms with E-state index in [4.69, 9.17) is 0 Å². The topological polar surface area (TPSA) is 0 Å². The molecule has 0 saturated heterocycles. The molecule has 4 heteroatoms. The molecule has 2 aromatic carbocycles. The van der Waals surface area contributed by atoms with E-state index in [1.54, 1.807) is 12.1 Å². The van der Waals surface area contributed by atoms with Crippen molar-refractivity contribution in [3.8, 4) is 11.1 Å². The zero-order chi connectivity index (χ0) is 14.0. The molecule has 0 radical (unpaired) electrons. The van der Waals surface area contributed by atoms with E-state index in [0.717, 1.165) is 23.3 Å². The Balaban J connectivity index is 2.43. The summed E-state index contributed by atoms with van der Waals surface area (Å²) in [6.45, 7) is 0. The first-order chi connectivity index (χ1) is 8.89. The fourth-order valence-electron chi connectivity index (χ4n) is 2.10. The standard InChI is InChI=1S/C15H15F3Ge/c1-19(2)14-6-4-3-5-13(14)11-7-9-12(10-8-11)15(16,17)18/h3-10,19H,1-2H3. The molecule has 0 saturated carbocycles. The molecule has 2 rings (SSSR count). The van der Waals surface area contributed by atoms with Gasteiger partial charge in [0.1, 0.15) is 0 Å². The Morgan fingerprint density at radius 1 is 0.842 bits per heavy atom. The number of alkyl halides is 3. The van der Waals surface area contributed by atoms with Gasteiger partial charge in [0.15, 0.2) is 0 Å². The second kappa shape index (κ2) is 5.41. The Morgan fingerprint density at radius 3 is 1.95 bits per heavy atom. The van der Waals surface area contributed by atoms with E-state index in [0.29, 0.717) is 0 Å². The molecule has 0 spiro atoms. The van der Waals surface area contributed by atoms with E-state index < -0.39 is 26.1 Å². The van der Waals surface area contributed by atoms with Crippen LogP contribution in [0.25, 0.3) is 11.1 Å². The molecule has 0 atom stereocenters. The van der Waals surface area contributed by atoms with Gasteiger partial charge in [0.2, 0.25) is 0 Å². The summed E-state index contributed by atoms with van der Waals surface area (Å²) in [4.78, 5) is 0. The van der Waals surface area contributed by atoms with E-state index in [2.05, 4.69) is 17.6 Å². The van der Waals surface area contributed by atoms with Crippen molar-refractivity contribution in [2.45, 2.75) is 17.7 Å². The van der Waals surface area contributed by atoms with Crippen LogP contribution in [-0.2, 0) is 6.18 Å². The summed E-state index contributed by atoms with van der Waals surface area (Å²) in [7, 11) is 0. The third-order valence-corrected chi connectivity index (χ3v) is 6.77. The van der Waals surface area contributed by atoms with E-state index in [9.17, 15) is 13.2 Å². The predicted octanol–water partition coefficient (Wildman–Crippen LogP) is 4.07. The average molecular weight is 325 g/mol. The third-order valence-electron chi connectivity index (χ3n) is 3.11. The number of benzene rings is 2. The van der Waals surface area contributed by atoms with Gasteiger partial charge in [-0.05, 0) is 0 Å². The summed E-state index contributed by atoms with van der Waals surface area (Å²) in [6, 6.07) is 13.4. The summed E-state index contributed by atoms with van der Waals surface area (Å²) in [5.41, 5.74) is 1.34. The Kier molecular flexibility index (Phi) is 4.04. The molecule has 0 aliphatic carbocycles. The van der Waals surface area contributed by atoms with Crippen LogP contribution in [0.5, 0.6) is 0 Å². The summed E-state index contributed by atoms with van der Waals surface area (Å²) in [5, 5.41) is 0. The van der Waals surface area contributed by atoms with Crippen LogP contribution in [0.4, 0.5) is 13.2 Å². The molecule has 0 unspecified atom stereocenters. The Labute approximate surface area is 115 Å². The van der Waals surface area contributed by atoms with Crippen molar-refractivity contribution in [1.82, 2.24) is 0 Å². The van der Waals surface area contributed by atoms with Crippen molar-refractivity contribution in [2.24, 2.45) is 0 Å². The van der Waals surface area contributed by atoms with Gasteiger partial charge >= 0.3 is 115 Å². The molecule has 0 nitrogen and oxygen atoms in total. The number of hydrogen-bond donors (Lipinski definition) is 0. The first-order valence-corrected chi connectivity index (χ1v) is 12.2. The summed E-state index contributed by atoms with van der Waals surface area (Å²) in [6.07, 6.45) is -4.27. The van der Waals surface area contributed by atoms with Crippen LogP contribution in [-0.4, -0.2) is 14.3 Å². The zero-order valence-corrected chi connectivity index (χ0v) is 13.3. The fourth-order valence-corrected chi connectivity index (χ4v) is 5.00. The molecule has 0 heterocycles. The van der Waals surface area contributed by atoms with Gasteiger partial charge in [0.25, 0.3) is 0 Å². The molecular formula is C15H15F3Ge. The maximum atomic E-state index is 12.5. The van der Waals surface area contributed by atoms with Gasteiger partial charge in [-0.1, -0.05) is 0 Å². The molecule has 0 aliphatic rings. The van der Waals surface area contributed by atoms with E-state index in [-0.39, 0.29) is 0 Å². The molecule has 0 fully saturated rings. The van der Waals surface area contributed by atoms with Gasteiger partial charge in [0.05, 0.1) is 0 Å². The van der Waals surface area contributed by atoms with E-state index in [1.165, 1.54) is 4.40 Å². The molecule has 0 bridgehead atoms. The van der Waals surface area contributed by atoms with Gasteiger partial charge in [-0.3, -0.25) is 0 Å². The van der Waals surface area contributed by atoms with Crippen LogP contribution in [0.2, 0.25) is 11.5 Å². The molecule has 0 N–H and O–H groups in total. The molecule has 2 aromatic rings. The zero-order valence-electron chi connectivity index (χ0n) is 10.8. The molecule has 19 heavy (non-hydrogen) atoms. The first kappa shape index (κ1) is 14.2. The SMILES string of the molecule is [CH3][GeH]([CH3])[c]1ccccc1-c1ccc(C(F)(F)F)cc1. The van der Waals surface area contributed by atoms with Crippen molar-refractivity contribution >= 4 is 18.7 Å². The van der Waals surface area contributed by atoms with E-state index >= 15 is 0 Å². The molecule has 0 aliphatic heterocycles. The monoisotopic (exact) mass is 326 g/mol. The van der Waals surface area contributed by atoms with Gasteiger partial charge in [-0.15, -0.1) is 0 Å². The van der Waals surface area contributed by atoms with Crippen LogP contribution in [0.1, 0.15) is 5.56 Å². The average Bonchev–Trinajstić information content (AvgIpc) is 2.38. The van der Waals surface area contributed by atoms with Crippen molar-refractivity contribution in [2.75, 3.05) is 0 Å². The molecule has 0 aromatic heterocycles. The summed E-state index contributed by atoms with van der Waals surface area (Å²) in [5.74, 6) is 4.52. The van der Waals surface area contributed by atoms with Crippen LogP contribution in [0, 0.1) is 0 Å². The van der Waals surface area contributed by atoms with Crippen molar-refractivity contribution in [1.29, 1.82) is 0 Å². The number of rotatable bonds is 2. The third kappa shape index (κ3) is 3.21. The Bertz CT molecular complexity index is 556. The predicted molar refractivity (Wildman–Crippen MR) is 75.4 cm³/mol. The van der Waals surface area contributed by atoms with Crippen LogP contribution >= 0.6 is 0 Å². The number of hydrogen-bond acceptors (Lipinski definition) is 0. The minimum absolute atomic E-state index is 0.597. The first-order valence-electron chi connectivity index (χ1n) is 6.16. The van der Waals surface area contributed by atoms with Crippen LogP contribution in [0.15, 0.2) is 48.5 Å². The van der Waals surface area contributed by atoms with E-state index in [1.807, 2.05) is 18.2 Å². The molecule has 0 amide bonds. The minimum atomic E-state index is -4.27. The van der Waals surface area contributed by atoms with Gasteiger partial charge in [-0.25, -0.2) is 0 Å². The Morgan fingerprint density at radius 2 is 1.42 bits per heavy atom. The van der Waals surface area contributed by atoms with Crippen molar-refractivity contribution in [3.05, 3.63) is 54.1 Å². The van der Waals surface area contributed by atoms with Gasteiger partial charge in [-0.2, -0.15) is 0 Å². The van der Waals surface area contributed by atoms with Crippen LogP contribution < -0.4 is 4.40 Å². The second-order valence-corrected chi connectivity index (χ2v) is 11.0. The molecular weight excluding hydrogens is 310 g/mol. The quantitative estimate of drug-likeness (QED) is 0.731. The molecule has 100 valence electrons. The van der Waals surface area contributed by atoms with Crippen LogP contribution in [0.3, 0.4) is 0 Å². The second-order valence-electron chi connectivity index (χ2n) is 4.82. The Hall–Kier alpha value is -1.23. The van der Waals surface area contributed by atoms with Crippen molar-refractivity contribution in [3.63, 3.8) is 0 Å². The summed E-state index contributed by atoms with van der Waals surface area (Å²) >= 11 is -1.47. The fraction of sp³-hybridized carbons (Fsp3) is 0.200. The summed E-state index contributed by atoms with van der Waals surface area (Å²) < 4.78 is 38.9. The van der Waals surface area contributed by atoms with Gasteiger partial charge in [0, 0.05) is 0 Å².